The molecular formula is C15H17ClO3. The summed E-state index contributed by atoms with van der Waals surface area (Å²) in [4.78, 5) is 11.3. The van der Waals surface area contributed by atoms with E-state index >= 15 is 0 Å². The van der Waals surface area contributed by atoms with Crippen molar-refractivity contribution in [2.24, 2.45) is 5.92 Å². The van der Waals surface area contributed by atoms with Gasteiger partial charge in [-0.1, -0.05) is 18.0 Å². The SMILES string of the molecule is O=C(O)C1(c2cc(Cl)cc(OCC3CCC3)c2)CC1. The predicted octanol–water partition coefficient (Wildman–Crippen LogP) is 3.64. The topological polar surface area (TPSA) is 46.5 Å². The van der Waals surface area contributed by atoms with Gasteiger partial charge in [-0.15, -0.1) is 0 Å². The molecule has 0 aromatic heterocycles. The van der Waals surface area contributed by atoms with Crippen molar-refractivity contribution in [2.75, 3.05) is 6.61 Å². The molecule has 0 amide bonds. The zero-order valence-electron chi connectivity index (χ0n) is 10.7. The third kappa shape index (κ3) is 2.44. The highest BCUT2D eigenvalue weighted by Crippen LogP contribution is 2.49. The van der Waals surface area contributed by atoms with Crippen LogP contribution in [0.5, 0.6) is 5.75 Å². The first kappa shape index (κ1) is 12.8. The highest BCUT2D eigenvalue weighted by atomic mass is 35.5. The van der Waals surface area contributed by atoms with Crippen LogP contribution in [-0.2, 0) is 10.2 Å². The number of ether oxygens (including phenoxy) is 1. The maximum atomic E-state index is 11.3. The molecule has 1 aromatic rings. The number of hydrogen-bond acceptors (Lipinski definition) is 2. The molecule has 0 saturated heterocycles. The molecule has 2 aliphatic carbocycles. The van der Waals surface area contributed by atoms with Crippen LogP contribution >= 0.6 is 11.6 Å². The molecule has 0 unspecified atom stereocenters. The van der Waals surface area contributed by atoms with Gasteiger partial charge in [-0.3, -0.25) is 4.79 Å². The molecule has 0 bridgehead atoms. The first-order chi connectivity index (χ1) is 9.10. The molecule has 0 atom stereocenters. The van der Waals surface area contributed by atoms with Gasteiger partial charge in [0, 0.05) is 5.02 Å². The lowest BCUT2D eigenvalue weighted by Crippen LogP contribution is -2.21. The summed E-state index contributed by atoms with van der Waals surface area (Å²) in [6.45, 7) is 0.708. The van der Waals surface area contributed by atoms with Gasteiger partial charge in [0.1, 0.15) is 5.75 Å². The summed E-state index contributed by atoms with van der Waals surface area (Å²) >= 11 is 6.08. The maximum Gasteiger partial charge on any atom is 0.314 e. The number of carbonyl (C=O) groups is 1. The number of benzene rings is 1. The predicted molar refractivity (Wildman–Crippen MR) is 72.8 cm³/mol. The highest BCUT2D eigenvalue weighted by Gasteiger charge is 2.52. The molecule has 3 nitrogen and oxygen atoms in total. The van der Waals surface area contributed by atoms with Gasteiger partial charge in [0.15, 0.2) is 0 Å². The maximum absolute atomic E-state index is 11.3. The Bertz CT molecular complexity index is 504. The van der Waals surface area contributed by atoms with Crippen LogP contribution in [-0.4, -0.2) is 17.7 Å². The molecule has 1 N–H and O–H groups in total. The van der Waals surface area contributed by atoms with Crippen molar-refractivity contribution in [2.45, 2.75) is 37.5 Å². The summed E-state index contributed by atoms with van der Waals surface area (Å²) in [6, 6.07) is 5.35. The zero-order valence-corrected chi connectivity index (χ0v) is 11.4. The Kier molecular flexibility index (Phi) is 3.17. The Balaban J connectivity index is 1.77. The van der Waals surface area contributed by atoms with Crippen molar-refractivity contribution < 1.29 is 14.6 Å². The van der Waals surface area contributed by atoms with Crippen molar-refractivity contribution in [1.29, 1.82) is 0 Å². The average molecular weight is 281 g/mol. The number of carboxylic acid groups (broad SMARTS) is 1. The minimum Gasteiger partial charge on any atom is -0.493 e. The Labute approximate surface area is 117 Å². The molecule has 2 saturated carbocycles. The zero-order chi connectivity index (χ0) is 13.5. The van der Waals surface area contributed by atoms with Gasteiger partial charge >= 0.3 is 5.97 Å². The molecule has 102 valence electrons. The quantitative estimate of drug-likeness (QED) is 0.896. The largest absolute Gasteiger partial charge is 0.493 e. The second kappa shape index (κ2) is 4.71. The van der Waals surface area contributed by atoms with E-state index in [4.69, 9.17) is 16.3 Å². The summed E-state index contributed by atoms with van der Waals surface area (Å²) in [5.74, 6) is 0.582. The Morgan fingerprint density at radius 3 is 2.63 bits per heavy atom. The number of hydrogen-bond donors (Lipinski definition) is 1. The summed E-state index contributed by atoms with van der Waals surface area (Å²) in [5.41, 5.74) is 0.0514. The van der Waals surface area contributed by atoms with Crippen LogP contribution < -0.4 is 4.74 Å². The molecule has 2 fully saturated rings. The Hall–Kier alpha value is -1.22. The number of halogens is 1. The standard InChI is InChI=1S/C15H17ClO3/c16-12-6-11(15(4-5-15)14(17)18)7-13(8-12)19-9-10-2-1-3-10/h6-8,10H,1-5,9H2,(H,17,18). The van der Waals surface area contributed by atoms with E-state index in [0.29, 0.717) is 36.1 Å². The van der Waals surface area contributed by atoms with Crippen LogP contribution in [0.3, 0.4) is 0 Å². The summed E-state index contributed by atoms with van der Waals surface area (Å²) in [6.07, 6.45) is 5.12. The van der Waals surface area contributed by atoms with Crippen LogP contribution in [0, 0.1) is 5.92 Å². The minimum atomic E-state index is -0.764. The number of carboxylic acids is 1. The normalized spacial score (nSPS) is 20.7. The molecule has 0 heterocycles. The van der Waals surface area contributed by atoms with Gasteiger partial charge in [-0.25, -0.2) is 0 Å². The van der Waals surface area contributed by atoms with Gasteiger partial charge in [-0.05, 0) is 55.4 Å². The van der Waals surface area contributed by atoms with E-state index in [9.17, 15) is 9.90 Å². The third-order valence-corrected chi connectivity index (χ3v) is 4.51. The fraction of sp³-hybridized carbons (Fsp3) is 0.533. The van der Waals surface area contributed by atoms with E-state index in [2.05, 4.69) is 0 Å². The van der Waals surface area contributed by atoms with Gasteiger partial charge in [-0.2, -0.15) is 0 Å². The van der Waals surface area contributed by atoms with Crippen molar-refractivity contribution >= 4 is 17.6 Å². The lowest BCUT2D eigenvalue weighted by molar-refractivity contribution is -0.140. The van der Waals surface area contributed by atoms with Gasteiger partial charge in [0.25, 0.3) is 0 Å². The monoisotopic (exact) mass is 280 g/mol. The molecule has 0 radical (unpaired) electrons. The van der Waals surface area contributed by atoms with E-state index in [1.54, 1.807) is 12.1 Å². The van der Waals surface area contributed by atoms with E-state index in [0.717, 1.165) is 5.56 Å². The van der Waals surface area contributed by atoms with Crippen LogP contribution in [0.2, 0.25) is 5.02 Å². The third-order valence-electron chi connectivity index (χ3n) is 4.29. The summed E-state index contributed by atoms with van der Waals surface area (Å²) < 4.78 is 5.76. The van der Waals surface area contributed by atoms with E-state index < -0.39 is 11.4 Å². The van der Waals surface area contributed by atoms with Crippen LogP contribution in [0.1, 0.15) is 37.7 Å². The molecule has 3 rings (SSSR count). The van der Waals surface area contributed by atoms with Crippen molar-refractivity contribution in [3.05, 3.63) is 28.8 Å². The summed E-state index contributed by atoms with van der Waals surface area (Å²) in [5, 5.41) is 9.87. The second-order valence-corrected chi connectivity index (χ2v) is 6.11. The van der Waals surface area contributed by atoms with Crippen LogP contribution in [0.15, 0.2) is 18.2 Å². The lowest BCUT2D eigenvalue weighted by atomic mass is 9.86. The van der Waals surface area contributed by atoms with Gasteiger partial charge < -0.3 is 9.84 Å². The van der Waals surface area contributed by atoms with Gasteiger partial charge in [0.05, 0.1) is 12.0 Å². The molecule has 2 aliphatic rings. The second-order valence-electron chi connectivity index (χ2n) is 5.67. The lowest BCUT2D eigenvalue weighted by Gasteiger charge is -2.25. The van der Waals surface area contributed by atoms with Crippen molar-refractivity contribution in [3.63, 3.8) is 0 Å². The fourth-order valence-corrected chi connectivity index (χ4v) is 2.77. The molecule has 0 spiro atoms. The highest BCUT2D eigenvalue weighted by molar-refractivity contribution is 6.30. The molecule has 0 aliphatic heterocycles. The molecule has 4 heteroatoms. The van der Waals surface area contributed by atoms with Gasteiger partial charge in [0.2, 0.25) is 0 Å². The molecular weight excluding hydrogens is 264 g/mol. The summed E-state index contributed by atoms with van der Waals surface area (Å²) in [7, 11) is 0. The first-order valence-electron chi connectivity index (χ1n) is 6.77. The van der Waals surface area contributed by atoms with E-state index in [-0.39, 0.29) is 0 Å². The Morgan fingerprint density at radius 1 is 1.37 bits per heavy atom. The molecule has 19 heavy (non-hydrogen) atoms. The minimum absolute atomic E-state index is 0.550. The van der Waals surface area contributed by atoms with Crippen LogP contribution in [0.4, 0.5) is 0 Å². The average Bonchev–Trinajstić information content (AvgIpc) is 3.07. The van der Waals surface area contributed by atoms with Crippen molar-refractivity contribution in [1.82, 2.24) is 0 Å². The van der Waals surface area contributed by atoms with Crippen LogP contribution in [0.25, 0.3) is 0 Å². The fourth-order valence-electron chi connectivity index (χ4n) is 2.55. The number of aliphatic carboxylic acids is 1. The van der Waals surface area contributed by atoms with Crippen molar-refractivity contribution in [3.8, 4) is 5.75 Å². The Morgan fingerprint density at radius 2 is 2.11 bits per heavy atom. The smallest absolute Gasteiger partial charge is 0.314 e. The number of rotatable bonds is 5. The molecule has 1 aromatic carbocycles. The van der Waals surface area contributed by atoms with E-state index in [1.807, 2.05) is 6.07 Å². The van der Waals surface area contributed by atoms with E-state index in [1.165, 1.54) is 19.3 Å². The first-order valence-corrected chi connectivity index (χ1v) is 7.15.